The Balaban J connectivity index is 0.00000166. The normalized spacial score (nSPS) is 11.2. The summed E-state index contributed by atoms with van der Waals surface area (Å²) in [5, 5.41) is 6.81. The molecule has 0 saturated heterocycles. The zero-order valence-corrected chi connectivity index (χ0v) is 18.9. The number of halogens is 2. The number of aromatic nitrogens is 2. The number of methoxy groups -OCH3 is 1. The summed E-state index contributed by atoms with van der Waals surface area (Å²) in [4.78, 5) is 12.2. The number of carbonyl (C=O) groups excluding carboxylic acids is 1. The van der Waals surface area contributed by atoms with E-state index in [2.05, 4.69) is 35.9 Å². The maximum absolute atomic E-state index is 13.0. The molecular weight excluding hydrogens is 404 g/mol. The Hall–Kier alpha value is -3.16. The fourth-order valence-corrected chi connectivity index (χ4v) is 3.09. The number of benzene rings is 1. The molecule has 3 aromatic rings. The average molecular weight is 433 g/mol. The number of rotatable bonds is 5. The molecule has 0 aliphatic carbocycles. The van der Waals surface area contributed by atoms with Crippen molar-refractivity contribution in [3.8, 4) is 22.6 Å². The number of pyridine rings is 1. The van der Waals surface area contributed by atoms with E-state index in [1.807, 2.05) is 32.2 Å². The van der Waals surface area contributed by atoms with Crippen molar-refractivity contribution in [2.24, 2.45) is 0 Å². The van der Waals surface area contributed by atoms with Gasteiger partial charge in [0.15, 0.2) is 0 Å². The highest BCUT2D eigenvalue weighted by Crippen LogP contribution is 2.37. The summed E-state index contributed by atoms with van der Waals surface area (Å²) in [7, 11) is 2.77. The van der Waals surface area contributed by atoms with Gasteiger partial charge >= 0.3 is 6.61 Å². The van der Waals surface area contributed by atoms with Crippen molar-refractivity contribution in [1.82, 2.24) is 14.9 Å². The van der Waals surface area contributed by atoms with Crippen LogP contribution in [0.5, 0.6) is 11.5 Å². The Labute approximate surface area is 181 Å². The molecule has 2 aromatic heterocycles. The van der Waals surface area contributed by atoms with Crippen LogP contribution in [0.15, 0.2) is 36.7 Å². The summed E-state index contributed by atoms with van der Waals surface area (Å²) >= 11 is 0. The minimum atomic E-state index is -3.09. The number of hydrogen-bond acceptors (Lipinski definition) is 4. The fraction of sp³-hybridized carbons (Fsp3) is 0.391. The first-order valence-electron chi connectivity index (χ1n) is 10.0. The number of hydrogen-bond donors (Lipinski definition) is 1. The van der Waals surface area contributed by atoms with Crippen molar-refractivity contribution in [3.63, 3.8) is 0 Å². The Kier molecular flexibility index (Phi) is 7.60. The summed E-state index contributed by atoms with van der Waals surface area (Å²) in [6.07, 6.45) is 3.58. The number of amides is 1. The lowest BCUT2D eigenvalue weighted by Crippen LogP contribution is -2.20. The topological polar surface area (TPSA) is 64.9 Å². The molecule has 168 valence electrons. The monoisotopic (exact) mass is 433 g/mol. The van der Waals surface area contributed by atoms with Gasteiger partial charge in [-0.15, -0.1) is 0 Å². The van der Waals surface area contributed by atoms with Crippen LogP contribution >= 0.6 is 0 Å². The largest absolute Gasteiger partial charge is 0.496 e. The van der Waals surface area contributed by atoms with Crippen molar-refractivity contribution in [2.75, 3.05) is 14.2 Å². The first-order valence-corrected chi connectivity index (χ1v) is 10.0. The summed E-state index contributed by atoms with van der Waals surface area (Å²) in [6.45, 7) is 7.23. The lowest BCUT2D eigenvalue weighted by molar-refractivity contribution is -0.0502. The molecule has 3 rings (SSSR count). The second-order valence-corrected chi connectivity index (χ2v) is 7.57. The van der Waals surface area contributed by atoms with Gasteiger partial charge < -0.3 is 14.8 Å². The summed E-state index contributed by atoms with van der Waals surface area (Å²) in [5.74, 6) is -0.721. The zero-order valence-electron chi connectivity index (χ0n) is 18.9. The Bertz CT molecular complexity index is 1060. The van der Waals surface area contributed by atoms with Crippen LogP contribution < -0.4 is 14.8 Å². The minimum Gasteiger partial charge on any atom is -0.496 e. The molecule has 6 nitrogen and oxygen atoms in total. The van der Waals surface area contributed by atoms with E-state index >= 15 is 0 Å². The number of nitrogens with zero attached hydrogens (tertiary/aromatic N) is 2. The van der Waals surface area contributed by atoms with Gasteiger partial charge in [0, 0.05) is 18.8 Å². The van der Waals surface area contributed by atoms with Crippen LogP contribution in [0.3, 0.4) is 0 Å². The SMILES string of the molecule is CC.CNC(=O)c1c(OC)cc(-c2cnn3cc(C(C)(C)C)ccc23)cc1OC(F)F. The van der Waals surface area contributed by atoms with Gasteiger partial charge in [-0.25, -0.2) is 4.52 Å². The standard InChI is InChI=1S/C21H23F2N3O3.C2H6/c1-21(2,3)13-6-7-15-14(10-25-26(15)11-13)12-8-16(28-5)18(19(27)24-4)17(9-12)29-20(22)23;1-2/h6-11,20H,1-5H3,(H,24,27);1-2H3. The molecule has 1 aromatic carbocycles. The molecule has 0 aliphatic rings. The third kappa shape index (κ3) is 5.13. The second-order valence-electron chi connectivity index (χ2n) is 7.57. The third-order valence-corrected chi connectivity index (χ3v) is 4.65. The maximum atomic E-state index is 13.0. The van der Waals surface area contributed by atoms with Crippen molar-refractivity contribution < 1.29 is 23.0 Å². The van der Waals surface area contributed by atoms with E-state index in [-0.39, 0.29) is 22.5 Å². The first-order chi connectivity index (χ1) is 14.7. The summed E-state index contributed by atoms with van der Waals surface area (Å²) in [6, 6.07) is 6.94. The molecular formula is C23H29F2N3O3. The van der Waals surface area contributed by atoms with Gasteiger partial charge in [-0.3, -0.25) is 4.79 Å². The predicted molar refractivity (Wildman–Crippen MR) is 117 cm³/mol. The van der Waals surface area contributed by atoms with Crippen LogP contribution in [-0.2, 0) is 5.41 Å². The number of ether oxygens (including phenoxy) is 2. The van der Waals surface area contributed by atoms with Crippen molar-refractivity contribution in [1.29, 1.82) is 0 Å². The van der Waals surface area contributed by atoms with Crippen molar-refractivity contribution in [2.45, 2.75) is 46.6 Å². The molecule has 1 amide bonds. The Morgan fingerprint density at radius 3 is 2.35 bits per heavy atom. The van der Waals surface area contributed by atoms with Gasteiger partial charge in [0.05, 0.1) is 18.8 Å². The molecule has 0 spiro atoms. The van der Waals surface area contributed by atoms with E-state index in [1.165, 1.54) is 20.2 Å². The van der Waals surface area contributed by atoms with Gasteiger partial charge in [0.25, 0.3) is 5.91 Å². The molecule has 0 saturated carbocycles. The van der Waals surface area contributed by atoms with Crippen LogP contribution in [0, 0.1) is 0 Å². The minimum absolute atomic E-state index is 0.0447. The van der Waals surface area contributed by atoms with Gasteiger partial charge in [0.1, 0.15) is 17.1 Å². The van der Waals surface area contributed by atoms with E-state index in [0.29, 0.717) is 11.1 Å². The molecule has 31 heavy (non-hydrogen) atoms. The Morgan fingerprint density at radius 1 is 1.16 bits per heavy atom. The van der Waals surface area contributed by atoms with Crippen LogP contribution in [0.2, 0.25) is 0 Å². The number of alkyl halides is 2. The molecule has 0 radical (unpaired) electrons. The zero-order chi connectivity index (χ0) is 23.3. The smallest absolute Gasteiger partial charge is 0.387 e. The van der Waals surface area contributed by atoms with Crippen molar-refractivity contribution in [3.05, 3.63) is 47.8 Å². The number of nitrogens with one attached hydrogen (secondary N) is 1. The van der Waals surface area contributed by atoms with E-state index in [4.69, 9.17) is 4.74 Å². The number of fused-ring (bicyclic) bond motifs is 1. The van der Waals surface area contributed by atoms with Crippen LogP contribution in [0.4, 0.5) is 8.78 Å². The van der Waals surface area contributed by atoms with Gasteiger partial charge in [0.2, 0.25) is 0 Å². The molecule has 1 N–H and O–H groups in total. The molecule has 2 heterocycles. The fourth-order valence-electron chi connectivity index (χ4n) is 3.09. The highest BCUT2D eigenvalue weighted by atomic mass is 19.3. The third-order valence-electron chi connectivity index (χ3n) is 4.65. The molecule has 0 unspecified atom stereocenters. The maximum Gasteiger partial charge on any atom is 0.387 e. The second kappa shape index (κ2) is 9.76. The highest BCUT2D eigenvalue weighted by molar-refractivity contribution is 6.01. The quantitative estimate of drug-likeness (QED) is 0.593. The van der Waals surface area contributed by atoms with Crippen LogP contribution in [-0.4, -0.2) is 36.3 Å². The first kappa shape index (κ1) is 24.1. The van der Waals surface area contributed by atoms with Gasteiger partial charge in [-0.1, -0.05) is 40.7 Å². The van der Waals surface area contributed by atoms with E-state index < -0.39 is 12.5 Å². The Morgan fingerprint density at radius 2 is 1.81 bits per heavy atom. The average Bonchev–Trinajstić information content (AvgIpc) is 3.16. The predicted octanol–water partition coefficient (Wildman–Crippen LogP) is 5.29. The molecule has 0 aliphatic heterocycles. The molecule has 0 bridgehead atoms. The lowest BCUT2D eigenvalue weighted by atomic mass is 9.88. The molecule has 8 heteroatoms. The van der Waals surface area contributed by atoms with E-state index in [0.717, 1.165) is 11.1 Å². The molecule has 0 fully saturated rings. The summed E-state index contributed by atoms with van der Waals surface area (Å²) < 4.78 is 37.6. The molecule has 0 atom stereocenters. The van der Waals surface area contributed by atoms with E-state index in [9.17, 15) is 13.6 Å². The van der Waals surface area contributed by atoms with Gasteiger partial charge in [-0.2, -0.15) is 13.9 Å². The highest BCUT2D eigenvalue weighted by Gasteiger charge is 2.23. The van der Waals surface area contributed by atoms with Crippen LogP contribution in [0.25, 0.3) is 16.6 Å². The van der Waals surface area contributed by atoms with Gasteiger partial charge in [-0.05, 0) is 34.7 Å². The summed E-state index contributed by atoms with van der Waals surface area (Å²) in [5.41, 5.74) is 3.00. The van der Waals surface area contributed by atoms with E-state index in [1.54, 1.807) is 16.8 Å². The van der Waals surface area contributed by atoms with Crippen molar-refractivity contribution >= 4 is 11.4 Å². The number of carbonyl (C=O) groups is 1. The lowest BCUT2D eigenvalue weighted by Gasteiger charge is -2.19. The van der Waals surface area contributed by atoms with Crippen LogP contribution in [0.1, 0.15) is 50.5 Å².